The molecule has 0 aromatic rings. The van der Waals surface area contributed by atoms with Crippen molar-refractivity contribution in [1.29, 1.82) is 0 Å². The average Bonchev–Trinajstić information content (AvgIpc) is 2.87. The summed E-state index contributed by atoms with van der Waals surface area (Å²) in [5.74, 6) is -0.618. The molecule has 0 aromatic heterocycles. The van der Waals surface area contributed by atoms with Gasteiger partial charge in [0.1, 0.15) is 6.04 Å². The molecule has 0 aliphatic carbocycles. The third-order valence-corrected chi connectivity index (χ3v) is 4.05. The maximum absolute atomic E-state index is 12.5. The fraction of sp³-hybridized carbons (Fsp3) is 0.846. The van der Waals surface area contributed by atoms with Crippen LogP contribution in [0.1, 0.15) is 39.5 Å². The first-order valence-corrected chi connectivity index (χ1v) is 6.75. The third kappa shape index (κ3) is 2.23. The van der Waals surface area contributed by atoms with Gasteiger partial charge in [0.2, 0.25) is 5.91 Å². The van der Waals surface area contributed by atoms with Crippen molar-refractivity contribution in [3.63, 3.8) is 0 Å². The number of likely N-dealkylation sites (tertiary alicyclic amines) is 1. The smallest absolute Gasteiger partial charge is 0.326 e. The number of nitrogens with zero attached hydrogens (tertiary/aromatic N) is 1. The summed E-state index contributed by atoms with van der Waals surface area (Å²) in [6.07, 6.45) is 3.11. The van der Waals surface area contributed by atoms with Gasteiger partial charge < -0.3 is 15.3 Å². The lowest BCUT2D eigenvalue weighted by Gasteiger charge is -2.28. The second-order valence-electron chi connectivity index (χ2n) is 5.84. The molecule has 0 bridgehead atoms. The number of rotatable bonds is 4. The van der Waals surface area contributed by atoms with E-state index >= 15 is 0 Å². The highest BCUT2D eigenvalue weighted by Gasteiger charge is 2.50. The fourth-order valence-electron chi connectivity index (χ4n) is 3.10. The molecule has 0 saturated carbocycles. The minimum atomic E-state index is -0.882. The molecule has 2 rings (SSSR count). The number of aliphatic carboxylic acids is 1. The summed E-state index contributed by atoms with van der Waals surface area (Å²) in [6.45, 7) is 5.40. The molecular formula is C13H22N2O3. The number of hydrogen-bond donors (Lipinski definition) is 2. The Bertz CT molecular complexity index is 348. The summed E-state index contributed by atoms with van der Waals surface area (Å²) in [7, 11) is 0. The molecule has 5 nitrogen and oxygen atoms in total. The number of carboxylic acids is 1. The van der Waals surface area contributed by atoms with Crippen molar-refractivity contribution in [2.45, 2.75) is 51.1 Å². The van der Waals surface area contributed by atoms with Gasteiger partial charge >= 0.3 is 5.97 Å². The van der Waals surface area contributed by atoms with Gasteiger partial charge in [-0.25, -0.2) is 4.79 Å². The van der Waals surface area contributed by atoms with Crippen molar-refractivity contribution in [2.75, 3.05) is 13.1 Å². The zero-order chi connectivity index (χ0) is 13.3. The van der Waals surface area contributed by atoms with E-state index in [0.717, 1.165) is 25.8 Å². The predicted octanol–water partition coefficient (Wildman–Crippen LogP) is 0.840. The highest BCUT2D eigenvalue weighted by atomic mass is 16.4. The van der Waals surface area contributed by atoms with E-state index in [9.17, 15) is 14.7 Å². The van der Waals surface area contributed by atoms with E-state index in [0.29, 0.717) is 13.0 Å². The molecule has 2 aliphatic heterocycles. The molecule has 2 atom stereocenters. The van der Waals surface area contributed by atoms with Gasteiger partial charge in [-0.3, -0.25) is 4.79 Å². The quantitative estimate of drug-likeness (QED) is 0.780. The number of carbonyl (C=O) groups excluding carboxylic acids is 1. The second-order valence-corrected chi connectivity index (χ2v) is 5.84. The molecule has 2 aliphatic rings. The fourth-order valence-corrected chi connectivity index (χ4v) is 3.10. The van der Waals surface area contributed by atoms with Gasteiger partial charge in [0, 0.05) is 6.54 Å². The SMILES string of the molecule is CC(C)CC(C(=O)O)N1CC[C@@]2(CCCN2)C1=O. The number of carbonyl (C=O) groups is 2. The van der Waals surface area contributed by atoms with Crippen molar-refractivity contribution in [3.8, 4) is 0 Å². The molecule has 1 unspecified atom stereocenters. The molecule has 2 N–H and O–H groups in total. The molecule has 102 valence electrons. The van der Waals surface area contributed by atoms with E-state index in [2.05, 4.69) is 5.32 Å². The van der Waals surface area contributed by atoms with Gasteiger partial charge in [-0.05, 0) is 38.1 Å². The number of carboxylic acid groups (broad SMARTS) is 1. The molecule has 1 amide bonds. The van der Waals surface area contributed by atoms with E-state index in [1.54, 1.807) is 4.90 Å². The van der Waals surface area contributed by atoms with Crippen molar-refractivity contribution in [3.05, 3.63) is 0 Å². The lowest BCUT2D eigenvalue weighted by molar-refractivity contribution is -0.150. The first kappa shape index (κ1) is 13.3. The number of amides is 1. The molecule has 2 heterocycles. The maximum atomic E-state index is 12.5. The predicted molar refractivity (Wildman–Crippen MR) is 67.2 cm³/mol. The minimum absolute atomic E-state index is 0.00644. The highest BCUT2D eigenvalue weighted by Crippen LogP contribution is 2.33. The first-order chi connectivity index (χ1) is 8.46. The van der Waals surface area contributed by atoms with Crippen LogP contribution in [0.3, 0.4) is 0 Å². The molecule has 2 fully saturated rings. The normalized spacial score (nSPS) is 29.5. The Balaban J connectivity index is 2.13. The summed E-state index contributed by atoms with van der Waals surface area (Å²) in [4.78, 5) is 25.4. The van der Waals surface area contributed by atoms with E-state index in [4.69, 9.17) is 0 Å². The van der Waals surface area contributed by atoms with Crippen LogP contribution < -0.4 is 5.32 Å². The lowest BCUT2D eigenvalue weighted by atomic mass is 9.95. The molecule has 1 spiro atoms. The van der Waals surface area contributed by atoms with Crippen molar-refractivity contribution in [1.82, 2.24) is 10.2 Å². The highest BCUT2D eigenvalue weighted by molar-refractivity contribution is 5.92. The van der Waals surface area contributed by atoms with Gasteiger partial charge in [-0.1, -0.05) is 13.8 Å². The number of nitrogens with one attached hydrogen (secondary N) is 1. The molecule has 18 heavy (non-hydrogen) atoms. The van der Waals surface area contributed by atoms with Gasteiger partial charge in [0.15, 0.2) is 0 Å². The van der Waals surface area contributed by atoms with E-state index in [1.807, 2.05) is 13.8 Å². The molecule has 0 aromatic carbocycles. The molecule has 5 heteroatoms. The van der Waals surface area contributed by atoms with E-state index in [-0.39, 0.29) is 11.8 Å². The van der Waals surface area contributed by atoms with Crippen LogP contribution in [-0.4, -0.2) is 46.6 Å². The van der Waals surface area contributed by atoms with Crippen LogP contribution in [0.2, 0.25) is 0 Å². The minimum Gasteiger partial charge on any atom is -0.480 e. The first-order valence-electron chi connectivity index (χ1n) is 6.75. The third-order valence-electron chi connectivity index (χ3n) is 4.05. The summed E-state index contributed by atoms with van der Waals surface area (Å²) < 4.78 is 0. The zero-order valence-electron chi connectivity index (χ0n) is 11.1. The summed E-state index contributed by atoms with van der Waals surface area (Å²) in [5.41, 5.74) is -0.454. The molecule has 0 radical (unpaired) electrons. The summed E-state index contributed by atoms with van der Waals surface area (Å²) >= 11 is 0. The largest absolute Gasteiger partial charge is 0.480 e. The Labute approximate surface area is 108 Å². The molecule has 2 saturated heterocycles. The zero-order valence-corrected chi connectivity index (χ0v) is 11.1. The van der Waals surface area contributed by atoms with Gasteiger partial charge in [-0.15, -0.1) is 0 Å². The molecular weight excluding hydrogens is 232 g/mol. The summed E-state index contributed by atoms with van der Waals surface area (Å²) in [5, 5.41) is 12.6. The van der Waals surface area contributed by atoms with Crippen LogP contribution in [0, 0.1) is 5.92 Å². The van der Waals surface area contributed by atoms with E-state index < -0.39 is 17.6 Å². The van der Waals surface area contributed by atoms with Crippen LogP contribution in [0.15, 0.2) is 0 Å². The monoisotopic (exact) mass is 254 g/mol. The second kappa shape index (κ2) is 4.88. The Kier molecular flexibility index (Phi) is 3.61. The number of hydrogen-bond acceptors (Lipinski definition) is 3. The summed E-state index contributed by atoms with van der Waals surface area (Å²) in [6, 6.07) is -0.667. The van der Waals surface area contributed by atoms with Crippen molar-refractivity contribution in [2.24, 2.45) is 5.92 Å². The lowest BCUT2D eigenvalue weighted by Crippen LogP contribution is -2.51. The standard InChI is InChI=1S/C13H22N2O3/c1-9(2)8-10(11(16)17)15-7-5-13(12(15)18)4-3-6-14-13/h9-10,14H,3-8H2,1-2H3,(H,16,17)/t10?,13-/m0/s1. The van der Waals surface area contributed by atoms with Crippen LogP contribution in [-0.2, 0) is 9.59 Å². The van der Waals surface area contributed by atoms with Crippen LogP contribution in [0.5, 0.6) is 0 Å². The van der Waals surface area contributed by atoms with Gasteiger partial charge in [-0.2, -0.15) is 0 Å². The van der Waals surface area contributed by atoms with Crippen LogP contribution in [0.25, 0.3) is 0 Å². The Hall–Kier alpha value is -1.10. The van der Waals surface area contributed by atoms with E-state index in [1.165, 1.54) is 0 Å². The van der Waals surface area contributed by atoms with Crippen molar-refractivity contribution < 1.29 is 14.7 Å². The Morgan fingerprint density at radius 1 is 1.50 bits per heavy atom. The Morgan fingerprint density at radius 3 is 2.72 bits per heavy atom. The average molecular weight is 254 g/mol. The Morgan fingerprint density at radius 2 is 2.22 bits per heavy atom. The van der Waals surface area contributed by atoms with Gasteiger partial charge in [0.05, 0.1) is 5.54 Å². The van der Waals surface area contributed by atoms with Crippen LogP contribution in [0.4, 0.5) is 0 Å². The van der Waals surface area contributed by atoms with Crippen LogP contribution >= 0.6 is 0 Å². The van der Waals surface area contributed by atoms with Crippen molar-refractivity contribution >= 4 is 11.9 Å². The topological polar surface area (TPSA) is 69.6 Å². The van der Waals surface area contributed by atoms with Gasteiger partial charge in [0.25, 0.3) is 0 Å². The maximum Gasteiger partial charge on any atom is 0.326 e.